The SMILES string of the molecule is Cc1ccc(N2C(=O)/C(=C/c3ccc4c(c3)OCCO4)SC2=Nc2ccc(F)cc2)cc1. The third-order valence-electron chi connectivity index (χ3n) is 5.01. The average molecular weight is 447 g/mol. The number of hydrogen-bond donors (Lipinski definition) is 0. The van der Waals surface area contributed by atoms with Crippen molar-refractivity contribution in [3.05, 3.63) is 88.6 Å². The highest BCUT2D eigenvalue weighted by molar-refractivity contribution is 8.19. The molecule has 0 radical (unpaired) electrons. The molecule has 2 aliphatic rings. The minimum absolute atomic E-state index is 0.172. The van der Waals surface area contributed by atoms with Gasteiger partial charge in [-0.1, -0.05) is 23.8 Å². The van der Waals surface area contributed by atoms with E-state index in [-0.39, 0.29) is 11.7 Å². The number of thioether (sulfide) groups is 1. The Morgan fingerprint density at radius 2 is 1.69 bits per heavy atom. The maximum Gasteiger partial charge on any atom is 0.271 e. The van der Waals surface area contributed by atoms with Crippen LogP contribution in [-0.4, -0.2) is 24.3 Å². The molecule has 0 unspecified atom stereocenters. The average Bonchev–Trinajstić information content (AvgIpc) is 3.10. The van der Waals surface area contributed by atoms with Crippen LogP contribution in [0.25, 0.3) is 6.08 Å². The first-order valence-corrected chi connectivity index (χ1v) is 10.9. The highest BCUT2D eigenvalue weighted by Gasteiger charge is 2.34. The first-order chi connectivity index (χ1) is 15.6. The van der Waals surface area contributed by atoms with Gasteiger partial charge >= 0.3 is 0 Å². The van der Waals surface area contributed by atoms with Crippen LogP contribution in [0.15, 0.2) is 76.6 Å². The summed E-state index contributed by atoms with van der Waals surface area (Å²) in [6, 6.07) is 19.1. The molecule has 3 aromatic rings. The lowest BCUT2D eigenvalue weighted by molar-refractivity contribution is -0.113. The summed E-state index contributed by atoms with van der Waals surface area (Å²) in [5.41, 5.74) is 3.22. The molecule has 0 N–H and O–H groups in total. The van der Waals surface area contributed by atoms with E-state index < -0.39 is 0 Å². The number of nitrogens with zero attached hydrogens (tertiary/aromatic N) is 2. The third kappa shape index (κ3) is 4.11. The summed E-state index contributed by atoms with van der Waals surface area (Å²) in [6.45, 7) is 3.01. The van der Waals surface area contributed by atoms with Crippen LogP contribution in [-0.2, 0) is 4.79 Å². The molecule has 1 saturated heterocycles. The molecule has 2 heterocycles. The van der Waals surface area contributed by atoms with Crippen LogP contribution in [0.1, 0.15) is 11.1 Å². The summed E-state index contributed by atoms with van der Waals surface area (Å²) in [7, 11) is 0. The number of halogens is 1. The first kappa shape index (κ1) is 20.3. The van der Waals surface area contributed by atoms with Crippen LogP contribution < -0.4 is 14.4 Å². The molecule has 1 amide bonds. The quantitative estimate of drug-likeness (QED) is 0.484. The molecule has 5 nitrogen and oxygen atoms in total. The fourth-order valence-electron chi connectivity index (χ4n) is 3.40. The van der Waals surface area contributed by atoms with Crippen LogP contribution in [0.3, 0.4) is 0 Å². The maximum atomic E-state index is 13.4. The molecule has 0 saturated carbocycles. The zero-order valence-electron chi connectivity index (χ0n) is 17.2. The second kappa shape index (κ2) is 8.51. The summed E-state index contributed by atoms with van der Waals surface area (Å²) in [6.07, 6.45) is 1.82. The molecule has 5 rings (SSSR count). The zero-order chi connectivity index (χ0) is 22.1. The van der Waals surface area contributed by atoms with Gasteiger partial charge in [0, 0.05) is 0 Å². The van der Waals surface area contributed by atoms with Crippen molar-refractivity contribution in [2.75, 3.05) is 18.1 Å². The Hall–Kier alpha value is -3.58. The van der Waals surface area contributed by atoms with E-state index in [1.165, 1.54) is 23.9 Å². The van der Waals surface area contributed by atoms with E-state index in [1.807, 2.05) is 55.5 Å². The van der Waals surface area contributed by atoms with Gasteiger partial charge in [-0.15, -0.1) is 0 Å². The lowest BCUT2D eigenvalue weighted by Crippen LogP contribution is -2.28. The Labute approximate surface area is 189 Å². The molecule has 0 aliphatic carbocycles. The van der Waals surface area contributed by atoms with E-state index in [9.17, 15) is 9.18 Å². The maximum absolute atomic E-state index is 13.4. The van der Waals surface area contributed by atoms with E-state index in [0.717, 1.165) is 16.8 Å². The van der Waals surface area contributed by atoms with Gasteiger partial charge in [-0.2, -0.15) is 0 Å². The molecule has 0 spiro atoms. The van der Waals surface area contributed by atoms with Gasteiger partial charge in [0.1, 0.15) is 19.0 Å². The van der Waals surface area contributed by atoms with Gasteiger partial charge in [0.2, 0.25) is 0 Å². The topological polar surface area (TPSA) is 51.1 Å². The van der Waals surface area contributed by atoms with Gasteiger partial charge in [-0.3, -0.25) is 9.69 Å². The second-order valence-corrected chi connectivity index (χ2v) is 8.37. The minimum atomic E-state index is -0.335. The third-order valence-corrected chi connectivity index (χ3v) is 5.98. The number of anilines is 1. The molecule has 160 valence electrons. The molecule has 0 bridgehead atoms. The number of hydrogen-bond acceptors (Lipinski definition) is 5. The predicted molar refractivity (Wildman–Crippen MR) is 125 cm³/mol. The standard InChI is InChI=1S/C25H19FN2O3S/c1-16-2-9-20(10-3-16)28-24(29)23(32-25(28)27-19-7-5-18(26)6-8-19)15-17-4-11-21-22(14-17)31-13-12-30-21/h2-11,14-15H,12-13H2,1H3/b23-15-,27-25?. The van der Waals surface area contributed by atoms with Gasteiger partial charge < -0.3 is 9.47 Å². The Kier molecular flexibility index (Phi) is 5.41. The number of benzene rings is 3. The summed E-state index contributed by atoms with van der Waals surface area (Å²) in [5.74, 6) is 0.855. The second-order valence-electron chi connectivity index (χ2n) is 7.36. The van der Waals surface area contributed by atoms with Crippen LogP contribution in [0.5, 0.6) is 11.5 Å². The van der Waals surface area contributed by atoms with Gasteiger partial charge in [0.05, 0.1) is 16.3 Å². The smallest absolute Gasteiger partial charge is 0.271 e. The van der Waals surface area contributed by atoms with Crippen LogP contribution in [0, 0.1) is 12.7 Å². The number of amidine groups is 1. The fraction of sp³-hybridized carbons (Fsp3) is 0.120. The summed E-state index contributed by atoms with van der Waals surface area (Å²) >= 11 is 1.28. The van der Waals surface area contributed by atoms with E-state index >= 15 is 0 Å². The number of carbonyl (C=O) groups is 1. The van der Waals surface area contributed by atoms with Crippen molar-refractivity contribution in [2.24, 2.45) is 4.99 Å². The molecule has 2 aliphatic heterocycles. The minimum Gasteiger partial charge on any atom is -0.486 e. The van der Waals surface area contributed by atoms with Crippen molar-refractivity contribution in [1.82, 2.24) is 0 Å². The molecule has 0 aromatic heterocycles. The Bertz CT molecular complexity index is 1240. The highest BCUT2D eigenvalue weighted by Crippen LogP contribution is 2.38. The van der Waals surface area contributed by atoms with Crippen molar-refractivity contribution in [1.29, 1.82) is 0 Å². The summed E-state index contributed by atoms with van der Waals surface area (Å²) in [5, 5.41) is 0.509. The summed E-state index contributed by atoms with van der Waals surface area (Å²) in [4.78, 5) is 20.1. The Morgan fingerprint density at radius 1 is 0.969 bits per heavy atom. The zero-order valence-corrected chi connectivity index (χ0v) is 18.1. The van der Waals surface area contributed by atoms with Gasteiger partial charge in [0.25, 0.3) is 5.91 Å². The number of ether oxygens (including phenoxy) is 2. The first-order valence-electron chi connectivity index (χ1n) is 10.1. The Balaban J connectivity index is 1.53. The number of rotatable bonds is 3. The van der Waals surface area contributed by atoms with Gasteiger partial charge in [0.15, 0.2) is 16.7 Å². The molecule has 3 aromatic carbocycles. The molecular weight excluding hydrogens is 427 g/mol. The van der Waals surface area contributed by atoms with E-state index in [0.29, 0.717) is 40.5 Å². The monoisotopic (exact) mass is 446 g/mol. The molecule has 32 heavy (non-hydrogen) atoms. The molecule has 7 heteroatoms. The van der Waals surface area contributed by atoms with Crippen molar-refractivity contribution in [3.63, 3.8) is 0 Å². The van der Waals surface area contributed by atoms with Crippen molar-refractivity contribution in [3.8, 4) is 11.5 Å². The van der Waals surface area contributed by atoms with Crippen molar-refractivity contribution in [2.45, 2.75) is 6.92 Å². The number of amides is 1. The number of fused-ring (bicyclic) bond motifs is 1. The van der Waals surface area contributed by atoms with Crippen LogP contribution in [0.4, 0.5) is 15.8 Å². The molecular formula is C25H19FN2O3S. The lowest BCUT2D eigenvalue weighted by atomic mass is 10.1. The number of carbonyl (C=O) groups excluding carboxylic acids is 1. The van der Waals surface area contributed by atoms with Gasteiger partial charge in [-0.25, -0.2) is 9.38 Å². The largest absolute Gasteiger partial charge is 0.486 e. The number of aliphatic imine (C=N–C) groups is 1. The highest BCUT2D eigenvalue weighted by atomic mass is 32.2. The number of aryl methyl sites for hydroxylation is 1. The van der Waals surface area contributed by atoms with E-state index in [1.54, 1.807) is 17.0 Å². The molecule has 0 atom stereocenters. The van der Waals surface area contributed by atoms with Gasteiger partial charge in [-0.05, 0) is 78.9 Å². The van der Waals surface area contributed by atoms with E-state index in [4.69, 9.17) is 9.47 Å². The van der Waals surface area contributed by atoms with Crippen LogP contribution >= 0.6 is 11.8 Å². The van der Waals surface area contributed by atoms with Crippen molar-refractivity contribution >= 4 is 40.3 Å². The fourth-order valence-corrected chi connectivity index (χ4v) is 4.40. The van der Waals surface area contributed by atoms with Crippen molar-refractivity contribution < 1.29 is 18.7 Å². The van der Waals surface area contributed by atoms with E-state index in [2.05, 4.69) is 4.99 Å². The lowest BCUT2D eigenvalue weighted by Gasteiger charge is -2.18. The Morgan fingerprint density at radius 3 is 2.44 bits per heavy atom. The summed E-state index contributed by atoms with van der Waals surface area (Å²) < 4.78 is 24.5. The van der Waals surface area contributed by atoms with Crippen LogP contribution in [0.2, 0.25) is 0 Å². The predicted octanol–water partition coefficient (Wildman–Crippen LogP) is 5.71. The normalized spacial score (nSPS) is 17.9. The molecule has 1 fully saturated rings.